The molecule has 2 aromatic carbocycles. The van der Waals surface area contributed by atoms with Gasteiger partial charge in [0.2, 0.25) is 0 Å². The van der Waals surface area contributed by atoms with E-state index in [4.69, 9.17) is 0 Å². The first-order valence-electron chi connectivity index (χ1n) is 9.86. The summed E-state index contributed by atoms with van der Waals surface area (Å²) in [6.45, 7) is 7.18. The molecule has 0 spiro atoms. The number of aromatic hydroxyl groups is 1. The quantitative estimate of drug-likeness (QED) is 0.436. The van der Waals surface area contributed by atoms with Crippen LogP contribution in [0, 0.1) is 24.0 Å². The number of nitrogens with zero attached hydrogens (tertiary/aromatic N) is 4. The van der Waals surface area contributed by atoms with E-state index in [1.54, 1.807) is 12.1 Å². The Kier molecular flexibility index (Phi) is 5.37. The van der Waals surface area contributed by atoms with Crippen molar-refractivity contribution < 1.29 is 10.0 Å². The summed E-state index contributed by atoms with van der Waals surface area (Å²) in [5.74, 6) is 0.834. The van der Waals surface area contributed by atoms with Crippen LogP contribution in [-0.4, -0.2) is 46.2 Å². The standard InChI is InChI=1S/C21H24N6O3/c1-13-7-15(8-14(2)20(13)28)11-23-21-16-9-19(27(29)30)18(10-17(16)24-12-25-21)26-5-3-22-4-6-26/h7-10,12,22,28H,3-6,11H2,1-2H3,(H,23,24,25). The van der Waals surface area contributed by atoms with Crippen LogP contribution in [0.4, 0.5) is 17.2 Å². The third-order valence-corrected chi connectivity index (χ3v) is 5.40. The zero-order valence-electron chi connectivity index (χ0n) is 17.0. The summed E-state index contributed by atoms with van der Waals surface area (Å²) < 4.78 is 0. The Bertz CT molecular complexity index is 1090. The fourth-order valence-electron chi connectivity index (χ4n) is 3.86. The van der Waals surface area contributed by atoms with E-state index in [-0.39, 0.29) is 10.6 Å². The van der Waals surface area contributed by atoms with Crippen molar-refractivity contribution in [2.45, 2.75) is 20.4 Å². The van der Waals surface area contributed by atoms with Gasteiger partial charge in [0.05, 0.1) is 10.4 Å². The molecule has 1 aliphatic rings. The van der Waals surface area contributed by atoms with Gasteiger partial charge in [-0.2, -0.15) is 0 Å². The molecule has 1 saturated heterocycles. The van der Waals surface area contributed by atoms with Crippen LogP contribution in [0.1, 0.15) is 16.7 Å². The second kappa shape index (κ2) is 8.11. The molecule has 4 rings (SSSR count). The number of phenolic OH excluding ortho intramolecular Hbond substituents is 1. The van der Waals surface area contributed by atoms with E-state index in [1.165, 1.54) is 6.33 Å². The average molecular weight is 408 g/mol. The van der Waals surface area contributed by atoms with E-state index in [0.29, 0.717) is 47.8 Å². The molecule has 9 heteroatoms. The van der Waals surface area contributed by atoms with Gasteiger partial charge in [0.15, 0.2) is 0 Å². The molecule has 0 unspecified atom stereocenters. The maximum absolute atomic E-state index is 11.8. The van der Waals surface area contributed by atoms with Gasteiger partial charge in [-0.15, -0.1) is 0 Å². The minimum absolute atomic E-state index is 0.0542. The SMILES string of the molecule is Cc1cc(CNc2ncnc3cc(N4CCNCC4)c([N+](=O)[O-])cc23)cc(C)c1O. The molecule has 1 aliphatic heterocycles. The molecule has 9 nitrogen and oxygen atoms in total. The van der Waals surface area contributed by atoms with Crippen molar-refractivity contribution in [3.05, 3.63) is 57.4 Å². The Hall–Kier alpha value is -3.46. The number of rotatable bonds is 5. The van der Waals surface area contributed by atoms with Gasteiger partial charge >= 0.3 is 0 Å². The molecule has 0 amide bonds. The molecule has 0 radical (unpaired) electrons. The third kappa shape index (κ3) is 3.84. The first-order chi connectivity index (χ1) is 14.4. The Labute approximate surface area is 173 Å². The number of aryl methyl sites for hydroxylation is 2. The zero-order valence-corrected chi connectivity index (χ0v) is 17.0. The van der Waals surface area contributed by atoms with Crippen molar-refractivity contribution in [2.24, 2.45) is 0 Å². The van der Waals surface area contributed by atoms with E-state index in [9.17, 15) is 15.2 Å². The molecular formula is C21H24N6O3. The van der Waals surface area contributed by atoms with Crippen LogP contribution in [0.25, 0.3) is 10.9 Å². The lowest BCUT2D eigenvalue weighted by Crippen LogP contribution is -2.43. The Morgan fingerprint density at radius 3 is 2.53 bits per heavy atom. The smallest absolute Gasteiger partial charge is 0.293 e. The number of nitrogens with one attached hydrogen (secondary N) is 2. The van der Waals surface area contributed by atoms with Gasteiger partial charge in [-0.25, -0.2) is 9.97 Å². The summed E-state index contributed by atoms with van der Waals surface area (Å²) in [5.41, 5.74) is 3.89. The molecule has 1 fully saturated rings. The number of fused-ring (bicyclic) bond motifs is 1. The molecular weight excluding hydrogens is 384 g/mol. The molecule has 3 aromatic rings. The van der Waals surface area contributed by atoms with E-state index >= 15 is 0 Å². The number of hydrogen-bond donors (Lipinski definition) is 3. The van der Waals surface area contributed by atoms with Gasteiger partial charge in [-0.3, -0.25) is 10.1 Å². The lowest BCUT2D eigenvalue weighted by atomic mass is 10.1. The molecule has 0 atom stereocenters. The summed E-state index contributed by atoms with van der Waals surface area (Å²) in [4.78, 5) is 22.1. The maximum Gasteiger partial charge on any atom is 0.293 e. The van der Waals surface area contributed by atoms with E-state index < -0.39 is 0 Å². The predicted octanol–water partition coefficient (Wildman–Crippen LogP) is 2.88. The number of aromatic nitrogens is 2. The highest BCUT2D eigenvalue weighted by molar-refractivity contribution is 5.94. The van der Waals surface area contributed by atoms with Crippen LogP contribution in [0.5, 0.6) is 5.75 Å². The lowest BCUT2D eigenvalue weighted by molar-refractivity contribution is -0.384. The summed E-state index contributed by atoms with van der Waals surface area (Å²) in [5, 5.41) is 28.9. The van der Waals surface area contributed by atoms with Crippen LogP contribution in [0.2, 0.25) is 0 Å². The monoisotopic (exact) mass is 408 g/mol. The van der Waals surface area contributed by atoms with Crippen LogP contribution in [0.3, 0.4) is 0 Å². The first kappa shape index (κ1) is 19.8. The highest BCUT2D eigenvalue weighted by Crippen LogP contribution is 2.35. The molecule has 0 bridgehead atoms. The number of benzene rings is 2. The number of phenols is 1. The maximum atomic E-state index is 11.8. The van der Waals surface area contributed by atoms with E-state index in [2.05, 4.69) is 20.6 Å². The van der Waals surface area contributed by atoms with Crippen LogP contribution >= 0.6 is 0 Å². The minimum Gasteiger partial charge on any atom is -0.507 e. The molecule has 156 valence electrons. The van der Waals surface area contributed by atoms with Gasteiger partial charge < -0.3 is 20.6 Å². The number of nitro benzene ring substituents is 1. The van der Waals surface area contributed by atoms with Crippen molar-refractivity contribution in [2.75, 3.05) is 36.4 Å². The molecule has 0 saturated carbocycles. The fourth-order valence-corrected chi connectivity index (χ4v) is 3.86. The number of anilines is 2. The topological polar surface area (TPSA) is 116 Å². The molecule has 3 N–H and O–H groups in total. The average Bonchev–Trinajstić information content (AvgIpc) is 2.75. The third-order valence-electron chi connectivity index (χ3n) is 5.40. The minimum atomic E-state index is -0.347. The van der Waals surface area contributed by atoms with Gasteiger partial charge in [0.25, 0.3) is 5.69 Å². The van der Waals surface area contributed by atoms with Gasteiger partial charge in [0, 0.05) is 44.2 Å². The van der Waals surface area contributed by atoms with Crippen LogP contribution in [0.15, 0.2) is 30.6 Å². The van der Waals surface area contributed by atoms with Crippen molar-refractivity contribution in [1.29, 1.82) is 0 Å². The Balaban J connectivity index is 1.69. The summed E-state index contributed by atoms with van der Waals surface area (Å²) in [6.07, 6.45) is 1.46. The van der Waals surface area contributed by atoms with Crippen molar-refractivity contribution >= 4 is 28.1 Å². The second-order valence-corrected chi connectivity index (χ2v) is 7.51. The number of piperazine rings is 1. The summed E-state index contributed by atoms with van der Waals surface area (Å²) >= 11 is 0. The predicted molar refractivity (Wildman–Crippen MR) is 116 cm³/mol. The zero-order chi connectivity index (χ0) is 21.3. The second-order valence-electron chi connectivity index (χ2n) is 7.51. The van der Waals surface area contributed by atoms with Gasteiger partial charge in [-0.05, 0) is 36.6 Å². The van der Waals surface area contributed by atoms with Crippen molar-refractivity contribution in [3.63, 3.8) is 0 Å². The van der Waals surface area contributed by atoms with Crippen molar-refractivity contribution in [3.8, 4) is 5.75 Å². The van der Waals surface area contributed by atoms with Gasteiger partial charge in [0.1, 0.15) is 23.6 Å². The molecule has 30 heavy (non-hydrogen) atoms. The van der Waals surface area contributed by atoms with E-state index in [0.717, 1.165) is 29.8 Å². The number of nitro groups is 1. The Morgan fingerprint density at radius 1 is 1.17 bits per heavy atom. The Morgan fingerprint density at radius 2 is 1.87 bits per heavy atom. The van der Waals surface area contributed by atoms with Crippen LogP contribution < -0.4 is 15.5 Å². The highest BCUT2D eigenvalue weighted by atomic mass is 16.6. The normalized spacial score (nSPS) is 14.1. The summed E-state index contributed by atoms with van der Waals surface area (Å²) in [6, 6.07) is 7.15. The highest BCUT2D eigenvalue weighted by Gasteiger charge is 2.23. The van der Waals surface area contributed by atoms with E-state index in [1.807, 2.05) is 30.9 Å². The summed E-state index contributed by atoms with van der Waals surface area (Å²) in [7, 11) is 0. The van der Waals surface area contributed by atoms with Crippen molar-refractivity contribution in [1.82, 2.24) is 15.3 Å². The lowest BCUT2D eigenvalue weighted by Gasteiger charge is -2.29. The van der Waals surface area contributed by atoms with Gasteiger partial charge in [-0.1, -0.05) is 12.1 Å². The first-order valence-corrected chi connectivity index (χ1v) is 9.86. The molecule has 2 heterocycles. The largest absolute Gasteiger partial charge is 0.507 e. The molecule has 0 aliphatic carbocycles. The van der Waals surface area contributed by atoms with Crippen LogP contribution in [-0.2, 0) is 6.54 Å². The molecule has 1 aromatic heterocycles. The number of hydrogen-bond acceptors (Lipinski definition) is 8. The fraction of sp³-hybridized carbons (Fsp3) is 0.333.